The van der Waals surface area contributed by atoms with E-state index in [2.05, 4.69) is 39.6 Å². The fourth-order valence-corrected chi connectivity index (χ4v) is 3.15. The van der Waals surface area contributed by atoms with Crippen LogP contribution in [0.1, 0.15) is 32.6 Å². The number of ether oxygens (including phenoxy) is 1. The highest BCUT2D eigenvalue weighted by Gasteiger charge is 2.24. The minimum Gasteiger partial charge on any atom is -0.495 e. The Kier molecular flexibility index (Phi) is 7.72. The lowest BCUT2D eigenvalue weighted by molar-refractivity contribution is 0.414. The van der Waals surface area contributed by atoms with Crippen molar-refractivity contribution in [2.24, 2.45) is 10.9 Å². The molecule has 1 fully saturated rings. The van der Waals surface area contributed by atoms with E-state index in [0.29, 0.717) is 5.92 Å². The molecule has 1 aliphatic rings. The molecule has 1 saturated heterocycles. The summed E-state index contributed by atoms with van der Waals surface area (Å²) in [6.45, 7) is 6.31. The molecule has 0 bridgehead atoms. The molecule has 0 saturated carbocycles. The van der Waals surface area contributed by atoms with E-state index in [0.717, 1.165) is 37.9 Å². The molecule has 1 aromatic carbocycles. The molecule has 24 heavy (non-hydrogen) atoms. The molecule has 0 aliphatic carbocycles. The average Bonchev–Trinajstić information content (AvgIpc) is 3.10. The van der Waals surface area contributed by atoms with E-state index in [-0.39, 0.29) is 0 Å². The molecule has 1 aromatic rings. The van der Waals surface area contributed by atoms with E-state index in [9.17, 15) is 0 Å². The number of nitrogens with zero attached hydrogens (tertiary/aromatic N) is 2. The van der Waals surface area contributed by atoms with Crippen LogP contribution in [0.25, 0.3) is 0 Å². The number of para-hydroxylation sites is 2. The van der Waals surface area contributed by atoms with Gasteiger partial charge in [0, 0.05) is 33.2 Å². The van der Waals surface area contributed by atoms with Crippen LogP contribution in [-0.2, 0) is 0 Å². The van der Waals surface area contributed by atoms with Crippen LogP contribution in [0.15, 0.2) is 29.3 Å². The van der Waals surface area contributed by atoms with E-state index in [1.54, 1.807) is 7.11 Å². The summed E-state index contributed by atoms with van der Waals surface area (Å²) in [5.74, 6) is 2.51. The van der Waals surface area contributed by atoms with E-state index in [4.69, 9.17) is 4.74 Å². The summed E-state index contributed by atoms with van der Waals surface area (Å²) in [5, 5.41) is 6.86. The van der Waals surface area contributed by atoms with Crippen LogP contribution in [0.4, 0.5) is 5.69 Å². The molecule has 5 heteroatoms. The molecule has 2 N–H and O–H groups in total. The van der Waals surface area contributed by atoms with Crippen molar-refractivity contribution in [3.63, 3.8) is 0 Å². The van der Waals surface area contributed by atoms with Crippen molar-refractivity contribution in [3.05, 3.63) is 24.3 Å². The van der Waals surface area contributed by atoms with Gasteiger partial charge in [-0.3, -0.25) is 4.99 Å². The Labute approximate surface area is 146 Å². The predicted molar refractivity (Wildman–Crippen MR) is 102 cm³/mol. The standard InChI is InChI=1S/C19H32N4O/c1-4-5-8-12-21-19(20-2)22-14-16-11-13-23(15-16)17-9-6-7-10-18(17)24-3/h6-7,9-10,16H,4-5,8,11-15H2,1-3H3,(H2,20,21,22). The summed E-state index contributed by atoms with van der Waals surface area (Å²) in [5.41, 5.74) is 1.20. The molecule has 2 rings (SSSR count). The highest BCUT2D eigenvalue weighted by molar-refractivity contribution is 5.79. The molecule has 1 unspecified atom stereocenters. The molecule has 0 amide bonds. The van der Waals surface area contributed by atoms with Gasteiger partial charge in [-0.1, -0.05) is 31.9 Å². The van der Waals surface area contributed by atoms with Gasteiger partial charge in [-0.25, -0.2) is 0 Å². The van der Waals surface area contributed by atoms with Crippen LogP contribution in [0.5, 0.6) is 5.75 Å². The molecular formula is C19H32N4O. The van der Waals surface area contributed by atoms with E-state index < -0.39 is 0 Å². The molecule has 5 nitrogen and oxygen atoms in total. The number of nitrogens with one attached hydrogen (secondary N) is 2. The largest absolute Gasteiger partial charge is 0.495 e. The van der Waals surface area contributed by atoms with Crippen LogP contribution in [0.3, 0.4) is 0 Å². The van der Waals surface area contributed by atoms with Gasteiger partial charge < -0.3 is 20.3 Å². The highest BCUT2D eigenvalue weighted by atomic mass is 16.5. The summed E-state index contributed by atoms with van der Waals surface area (Å²) in [7, 11) is 3.58. The lowest BCUT2D eigenvalue weighted by atomic mass is 10.1. The number of unbranched alkanes of at least 4 members (excludes halogenated alkanes) is 2. The third-order valence-electron chi connectivity index (χ3n) is 4.57. The first-order chi connectivity index (χ1) is 11.8. The third kappa shape index (κ3) is 5.32. The van der Waals surface area contributed by atoms with Gasteiger partial charge in [0.05, 0.1) is 12.8 Å². The van der Waals surface area contributed by atoms with Crippen molar-refractivity contribution < 1.29 is 4.74 Å². The van der Waals surface area contributed by atoms with Crippen molar-refractivity contribution in [3.8, 4) is 5.75 Å². The maximum absolute atomic E-state index is 5.49. The van der Waals surface area contributed by atoms with Gasteiger partial charge >= 0.3 is 0 Å². The Morgan fingerprint density at radius 1 is 1.29 bits per heavy atom. The number of anilines is 1. The van der Waals surface area contributed by atoms with Gasteiger partial charge in [-0.15, -0.1) is 0 Å². The lowest BCUT2D eigenvalue weighted by Crippen LogP contribution is -2.40. The van der Waals surface area contributed by atoms with E-state index >= 15 is 0 Å². The van der Waals surface area contributed by atoms with E-state index in [1.165, 1.54) is 31.4 Å². The first kappa shape index (κ1) is 18.4. The Bertz CT molecular complexity index is 518. The first-order valence-electron chi connectivity index (χ1n) is 9.11. The van der Waals surface area contributed by atoms with Gasteiger partial charge in [0.15, 0.2) is 5.96 Å². The van der Waals surface area contributed by atoms with E-state index in [1.807, 2.05) is 19.2 Å². The zero-order chi connectivity index (χ0) is 17.2. The molecule has 1 aliphatic heterocycles. The topological polar surface area (TPSA) is 48.9 Å². The maximum atomic E-state index is 5.49. The molecule has 0 aromatic heterocycles. The van der Waals surface area contributed by atoms with Crippen LogP contribution >= 0.6 is 0 Å². The van der Waals surface area contributed by atoms with Crippen molar-refractivity contribution in [2.75, 3.05) is 45.2 Å². The van der Waals surface area contributed by atoms with Crippen LogP contribution < -0.4 is 20.3 Å². The van der Waals surface area contributed by atoms with Gasteiger partial charge in [0.2, 0.25) is 0 Å². The monoisotopic (exact) mass is 332 g/mol. The Morgan fingerprint density at radius 2 is 2.12 bits per heavy atom. The van der Waals surface area contributed by atoms with Crippen LogP contribution in [0, 0.1) is 5.92 Å². The Morgan fingerprint density at radius 3 is 2.88 bits per heavy atom. The fraction of sp³-hybridized carbons (Fsp3) is 0.632. The minimum absolute atomic E-state index is 0.629. The van der Waals surface area contributed by atoms with Gasteiger partial charge in [-0.2, -0.15) is 0 Å². The number of hydrogen-bond donors (Lipinski definition) is 2. The second kappa shape index (κ2) is 10.1. The highest BCUT2D eigenvalue weighted by Crippen LogP contribution is 2.31. The molecule has 134 valence electrons. The maximum Gasteiger partial charge on any atom is 0.190 e. The third-order valence-corrected chi connectivity index (χ3v) is 4.57. The van der Waals surface area contributed by atoms with Crippen molar-refractivity contribution >= 4 is 11.6 Å². The second-order valence-electron chi connectivity index (χ2n) is 6.36. The number of hydrogen-bond acceptors (Lipinski definition) is 3. The van der Waals surface area contributed by atoms with Crippen molar-refractivity contribution in [1.29, 1.82) is 0 Å². The lowest BCUT2D eigenvalue weighted by Gasteiger charge is -2.21. The number of aliphatic imine (C=N–C) groups is 1. The Hall–Kier alpha value is -1.91. The van der Waals surface area contributed by atoms with Gasteiger partial charge in [-0.05, 0) is 30.9 Å². The average molecular weight is 332 g/mol. The first-order valence-corrected chi connectivity index (χ1v) is 9.11. The van der Waals surface area contributed by atoms with Gasteiger partial charge in [0.25, 0.3) is 0 Å². The molecular weight excluding hydrogens is 300 g/mol. The van der Waals surface area contributed by atoms with Gasteiger partial charge in [0.1, 0.15) is 5.75 Å². The number of guanidine groups is 1. The van der Waals surface area contributed by atoms with Crippen LogP contribution in [-0.4, -0.2) is 46.3 Å². The number of methoxy groups -OCH3 is 1. The SMILES string of the molecule is CCCCCNC(=NC)NCC1CCN(c2ccccc2OC)C1. The van der Waals surface area contributed by atoms with Crippen molar-refractivity contribution in [1.82, 2.24) is 10.6 Å². The molecule has 1 heterocycles. The Balaban J connectivity index is 1.77. The summed E-state index contributed by atoms with van der Waals surface area (Å²) >= 11 is 0. The van der Waals surface area contributed by atoms with Crippen molar-refractivity contribution in [2.45, 2.75) is 32.6 Å². The zero-order valence-electron chi connectivity index (χ0n) is 15.3. The molecule has 1 atom stereocenters. The smallest absolute Gasteiger partial charge is 0.190 e. The predicted octanol–water partition coefficient (Wildman–Crippen LogP) is 2.88. The molecule has 0 spiro atoms. The zero-order valence-corrected chi connectivity index (χ0v) is 15.3. The minimum atomic E-state index is 0.629. The summed E-state index contributed by atoms with van der Waals surface area (Å²) in [6.07, 6.45) is 4.90. The summed E-state index contributed by atoms with van der Waals surface area (Å²) < 4.78 is 5.49. The summed E-state index contributed by atoms with van der Waals surface area (Å²) in [6, 6.07) is 8.27. The fourth-order valence-electron chi connectivity index (χ4n) is 3.15. The van der Waals surface area contributed by atoms with Crippen LogP contribution in [0.2, 0.25) is 0 Å². The summed E-state index contributed by atoms with van der Waals surface area (Å²) in [4.78, 5) is 6.73. The quantitative estimate of drug-likeness (QED) is 0.437. The number of rotatable bonds is 8. The second-order valence-corrected chi connectivity index (χ2v) is 6.36. The molecule has 0 radical (unpaired) electrons. The number of benzene rings is 1. The normalized spacial score (nSPS) is 17.9.